The average Bonchev–Trinajstić information content (AvgIpc) is 2.78. The Morgan fingerprint density at radius 1 is 0.969 bits per heavy atom. The summed E-state index contributed by atoms with van der Waals surface area (Å²) in [6, 6.07) is 22.6. The molecule has 3 aromatic carbocycles. The van der Waals surface area contributed by atoms with Crippen molar-refractivity contribution in [3.05, 3.63) is 90.2 Å². The molecule has 1 aliphatic heterocycles. The third kappa shape index (κ3) is 3.69. The van der Waals surface area contributed by atoms with Crippen LogP contribution in [-0.2, 0) is 10.0 Å². The number of pyridine rings is 1. The number of hydrogen-bond acceptors (Lipinski definition) is 4. The summed E-state index contributed by atoms with van der Waals surface area (Å²) in [5.74, 6) is -1.36. The first-order valence-corrected chi connectivity index (χ1v) is 11.6. The Bertz CT molecular complexity index is 1470. The Labute approximate surface area is 184 Å². The van der Waals surface area contributed by atoms with Crippen LogP contribution in [0, 0.1) is 5.82 Å². The number of para-hydroxylation sites is 1. The lowest BCUT2D eigenvalue weighted by Gasteiger charge is -2.32. The molecule has 0 aliphatic carbocycles. The molecule has 1 amide bonds. The number of aromatic nitrogens is 1. The first kappa shape index (κ1) is 20.1. The zero-order chi connectivity index (χ0) is 22.3. The maximum absolute atomic E-state index is 14.6. The molecule has 0 atom stereocenters. The Hall–Kier alpha value is -3.78. The van der Waals surface area contributed by atoms with E-state index >= 15 is 0 Å². The monoisotopic (exact) mass is 447 g/mol. The van der Waals surface area contributed by atoms with Gasteiger partial charge in [0.2, 0.25) is 10.0 Å². The molecule has 32 heavy (non-hydrogen) atoms. The van der Waals surface area contributed by atoms with Crippen LogP contribution in [0.15, 0.2) is 78.9 Å². The SMILES string of the molecule is O=C(Nc1cccc(-c2ccc3ccccc3n2)c1)c1ccc(N2CCS2(=O)=O)cc1F. The van der Waals surface area contributed by atoms with Crippen LogP contribution in [0.4, 0.5) is 15.8 Å². The maximum atomic E-state index is 14.6. The number of fused-ring (bicyclic) bond motifs is 1. The topological polar surface area (TPSA) is 79.4 Å². The lowest BCUT2D eigenvalue weighted by Crippen LogP contribution is -2.47. The lowest BCUT2D eigenvalue weighted by atomic mass is 10.1. The van der Waals surface area contributed by atoms with Gasteiger partial charge in [-0.25, -0.2) is 17.8 Å². The molecular weight excluding hydrogens is 429 g/mol. The first-order chi connectivity index (χ1) is 15.4. The van der Waals surface area contributed by atoms with Gasteiger partial charge in [-0.2, -0.15) is 0 Å². The van der Waals surface area contributed by atoms with Gasteiger partial charge in [0.25, 0.3) is 5.91 Å². The molecule has 160 valence electrons. The Morgan fingerprint density at radius 2 is 1.81 bits per heavy atom. The molecule has 1 N–H and O–H groups in total. The van der Waals surface area contributed by atoms with Crippen LogP contribution in [0.5, 0.6) is 0 Å². The number of nitrogens with zero attached hydrogens (tertiary/aromatic N) is 2. The third-order valence-electron chi connectivity index (χ3n) is 5.39. The number of halogens is 1. The zero-order valence-electron chi connectivity index (χ0n) is 16.8. The minimum atomic E-state index is -3.36. The second-order valence-electron chi connectivity index (χ2n) is 7.48. The van der Waals surface area contributed by atoms with Crippen molar-refractivity contribution in [1.82, 2.24) is 4.98 Å². The van der Waals surface area contributed by atoms with E-state index in [1.54, 1.807) is 18.2 Å². The number of amides is 1. The molecule has 5 rings (SSSR count). The number of benzene rings is 3. The van der Waals surface area contributed by atoms with Crippen molar-refractivity contribution in [2.45, 2.75) is 0 Å². The normalized spacial score (nSPS) is 14.7. The van der Waals surface area contributed by atoms with Gasteiger partial charge in [-0.15, -0.1) is 0 Å². The number of nitrogens with one attached hydrogen (secondary N) is 1. The highest BCUT2D eigenvalue weighted by atomic mass is 32.2. The predicted molar refractivity (Wildman–Crippen MR) is 123 cm³/mol. The summed E-state index contributed by atoms with van der Waals surface area (Å²) in [4.78, 5) is 17.3. The molecule has 1 aromatic heterocycles. The molecule has 0 unspecified atom stereocenters. The largest absolute Gasteiger partial charge is 0.322 e. The van der Waals surface area contributed by atoms with E-state index in [0.29, 0.717) is 12.2 Å². The molecule has 0 bridgehead atoms. The molecule has 0 saturated carbocycles. The fourth-order valence-corrected chi connectivity index (χ4v) is 4.74. The van der Waals surface area contributed by atoms with Gasteiger partial charge < -0.3 is 5.32 Å². The molecule has 1 fully saturated rings. The molecule has 2 heterocycles. The summed E-state index contributed by atoms with van der Waals surface area (Å²) in [5, 5.41) is 3.73. The van der Waals surface area contributed by atoms with E-state index in [1.165, 1.54) is 12.1 Å². The van der Waals surface area contributed by atoms with E-state index in [9.17, 15) is 17.6 Å². The van der Waals surface area contributed by atoms with Crippen molar-refractivity contribution < 1.29 is 17.6 Å². The van der Waals surface area contributed by atoms with Gasteiger partial charge in [0.15, 0.2) is 0 Å². The van der Waals surface area contributed by atoms with E-state index in [0.717, 1.165) is 32.5 Å². The van der Waals surface area contributed by atoms with Crippen molar-refractivity contribution in [3.8, 4) is 11.3 Å². The fraction of sp³-hybridized carbons (Fsp3) is 0.0833. The van der Waals surface area contributed by atoms with Gasteiger partial charge in [-0.05, 0) is 42.5 Å². The number of rotatable bonds is 4. The minimum absolute atomic E-state index is 0.0409. The highest BCUT2D eigenvalue weighted by Gasteiger charge is 2.33. The van der Waals surface area contributed by atoms with Crippen molar-refractivity contribution in [1.29, 1.82) is 0 Å². The quantitative estimate of drug-likeness (QED) is 0.502. The minimum Gasteiger partial charge on any atom is -0.322 e. The maximum Gasteiger partial charge on any atom is 0.258 e. The van der Waals surface area contributed by atoms with Crippen molar-refractivity contribution >= 4 is 38.2 Å². The van der Waals surface area contributed by atoms with Crippen molar-refractivity contribution in [3.63, 3.8) is 0 Å². The summed E-state index contributed by atoms with van der Waals surface area (Å²) < 4.78 is 39.2. The summed E-state index contributed by atoms with van der Waals surface area (Å²) >= 11 is 0. The van der Waals surface area contributed by atoms with Gasteiger partial charge >= 0.3 is 0 Å². The summed E-state index contributed by atoms with van der Waals surface area (Å²) in [5.41, 5.74) is 2.98. The standard InChI is InChI=1S/C24H18FN3O3S/c25-21-15-19(28-12-13-32(28,30)31)9-10-20(21)24(29)26-18-6-3-5-17(14-18)23-11-8-16-4-1-2-7-22(16)27-23/h1-11,14-15H,12-13H2,(H,26,29). The van der Waals surface area contributed by atoms with Crippen LogP contribution in [-0.4, -0.2) is 31.6 Å². The van der Waals surface area contributed by atoms with E-state index in [2.05, 4.69) is 10.3 Å². The Kier molecular flexibility index (Phi) is 4.86. The van der Waals surface area contributed by atoms with Gasteiger partial charge in [0.1, 0.15) is 5.82 Å². The lowest BCUT2D eigenvalue weighted by molar-refractivity contribution is 0.102. The number of hydrogen-bond donors (Lipinski definition) is 1. The molecule has 1 aliphatic rings. The predicted octanol–water partition coefficient (Wildman–Crippen LogP) is 4.44. The van der Waals surface area contributed by atoms with Crippen LogP contribution in [0.1, 0.15) is 10.4 Å². The number of carbonyl (C=O) groups is 1. The molecule has 4 aromatic rings. The van der Waals surface area contributed by atoms with E-state index in [-0.39, 0.29) is 17.0 Å². The molecular formula is C24H18FN3O3S. The van der Waals surface area contributed by atoms with Gasteiger partial charge in [0.05, 0.1) is 28.2 Å². The molecule has 8 heteroatoms. The summed E-state index contributed by atoms with van der Waals surface area (Å²) in [7, 11) is -3.36. The summed E-state index contributed by atoms with van der Waals surface area (Å²) in [6.45, 7) is 0.308. The summed E-state index contributed by atoms with van der Waals surface area (Å²) in [6.07, 6.45) is 0. The van der Waals surface area contributed by atoms with Crippen LogP contribution >= 0.6 is 0 Å². The third-order valence-corrected chi connectivity index (χ3v) is 7.15. The second-order valence-corrected chi connectivity index (χ2v) is 9.49. The van der Waals surface area contributed by atoms with Crippen LogP contribution < -0.4 is 9.62 Å². The molecule has 0 radical (unpaired) electrons. The molecule has 6 nitrogen and oxygen atoms in total. The number of anilines is 2. The average molecular weight is 447 g/mol. The van der Waals surface area contributed by atoms with E-state index < -0.39 is 21.7 Å². The fourth-order valence-electron chi connectivity index (χ4n) is 3.65. The Morgan fingerprint density at radius 3 is 2.56 bits per heavy atom. The van der Waals surface area contributed by atoms with Crippen molar-refractivity contribution in [2.24, 2.45) is 0 Å². The highest BCUT2D eigenvalue weighted by Crippen LogP contribution is 2.27. The van der Waals surface area contributed by atoms with Gasteiger partial charge in [-0.3, -0.25) is 9.10 Å². The van der Waals surface area contributed by atoms with Crippen LogP contribution in [0.2, 0.25) is 0 Å². The highest BCUT2D eigenvalue weighted by molar-refractivity contribution is 7.94. The second kappa shape index (κ2) is 7.72. The number of sulfonamides is 1. The zero-order valence-corrected chi connectivity index (χ0v) is 17.6. The molecule has 0 spiro atoms. The molecule has 1 saturated heterocycles. The first-order valence-electron chi connectivity index (χ1n) is 9.98. The van der Waals surface area contributed by atoms with Crippen LogP contribution in [0.3, 0.4) is 0 Å². The smallest absolute Gasteiger partial charge is 0.258 e. The Balaban J connectivity index is 1.38. The van der Waals surface area contributed by atoms with E-state index in [4.69, 9.17) is 0 Å². The van der Waals surface area contributed by atoms with Gasteiger partial charge in [-0.1, -0.05) is 36.4 Å². The van der Waals surface area contributed by atoms with Crippen LogP contribution in [0.25, 0.3) is 22.2 Å². The van der Waals surface area contributed by atoms with E-state index in [1.807, 2.05) is 42.5 Å². The number of carbonyl (C=O) groups excluding carboxylic acids is 1. The van der Waals surface area contributed by atoms with Gasteiger partial charge in [0, 0.05) is 23.2 Å². The van der Waals surface area contributed by atoms with Crippen molar-refractivity contribution in [2.75, 3.05) is 21.9 Å².